The van der Waals surface area contributed by atoms with E-state index in [0.29, 0.717) is 18.7 Å². The molecule has 1 radical (unpaired) electrons. The van der Waals surface area contributed by atoms with Gasteiger partial charge in [0.05, 0.1) is 16.5 Å². The summed E-state index contributed by atoms with van der Waals surface area (Å²) in [5, 5.41) is 8.81. The van der Waals surface area contributed by atoms with Crippen molar-refractivity contribution in [2.75, 3.05) is 13.1 Å². The molecule has 0 amide bonds. The molecule has 1 aromatic carbocycles. The summed E-state index contributed by atoms with van der Waals surface area (Å²) in [7, 11) is -3.49. The Balaban J connectivity index is 2.33. The summed E-state index contributed by atoms with van der Waals surface area (Å²) >= 11 is 0. The highest BCUT2D eigenvalue weighted by Crippen LogP contribution is 2.23. The van der Waals surface area contributed by atoms with Crippen LogP contribution in [0.3, 0.4) is 0 Å². The maximum Gasteiger partial charge on any atom is 0.243 e. The second kappa shape index (κ2) is 5.09. The molecule has 1 heterocycles. The van der Waals surface area contributed by atoms with Gasteiger partial charge in [0, 0.05) is 13.1 Å². The summed E-state index contributed by atoms with van der Waals surface area (Å²) in [6.07, 6.45) is 1.80. The molecule has 1 fully saturated rings. The molecule has 1 unspecified atom stereocenters. The average molecular weight is 263 g/mol. The fourth-order valence-electron chi connectivity index (χ4n) is 2.12. The average Bonchev–Trinajstić information content (AvgIpc) is 2.39. The summed E-state index contributed by atoms with van der Waals surface area (Å²) in [6, 6.07) is 8.10. The van der Waals surface area contributed by atoms with Gasteiger partial charge < -0.3 is 0 Å². The van der Waals surface area contributed by atoms with E-state index in [0.717, 1.165) is 12.8 Å². The van der Waals surface area contributed by atoms with Crippen LogP contribution in [-0.4, -0.2) is 25.8 Å². The van der Waals surface area contributed by atoms with Gasteiger partial charge in [0.25, 0.3) is 0 Å². The van der Waals surface area contributed by atoms with Crippen molar-refractivity contribution in [3.63, 3.8) is 0 Å². The molecule has 95 valence electrons. The Morgan fingerprint density at radius 1 is 1.44 bits per heavy atom. The van der Waals surface area contributed by atoms with Gasteiger partial charge >= 0.3 is 0 Å². The van der Waals surface area contributed by atoms with Crippen molar-refractivity contribution in [3.8, 4) is 6.07 Å². The van der Waals surface area contributed by atoms with Crippen molar-refractivity contribution >= 4 is 10.0 Å². The van der Waals surface area contributed by atoms with Crippen LogP contribution in [0.4, 0.5) is 0 Å². The Kier molecular flexibility index (Phi) is 3.69. The van der Waals surface area contributed by atoms with E-state index < -0.39 is 10.0 Å². The molecule has 1 atom stereocenters. The molecule has 0 aliphatic carbocycles. The number of rotatable bonds is 2. The third kappa shape index (κ3) is 2.55. The van der Waals surface area contributed by atoms with Crippen molar-refractivity contribution in [1.29, 1.82) is 5.26 Å². The highest BCUT2D eigenvalue weighted by atomic mass is 32.2. The van der Waals surface area contributed by atoms with Crippen molar-refractivity contribution in [2.45, 2.75) is 17.7 Å². The van der Waals surface area contributed by atoms with E-state index in [-0.39, 0.29) is 10.8 Å². The number of piperidine rings is 1. The minimum Gasteiger partial charge on any atom is -0.207 e. The maximum absolute atomic E-state index is 12.4. The van der Waals surface area contributed by atoms with Crippen LogP contribution < -0.4 is 0 Å². The lowest BCUT2D eigenvalue weighted by molar-refractivity contribution is 0.299. The van der Waals surface area contributed by atoms with Crippen molar-refractivity contribution in [2.24, 2.45) is 5.92 Å². The highest BCUT2D eigenvalue weighted by Gasteiger charge is 2.28. The van der Waals surface area contributed by atoms with Crippen LogP contribution in [0.5, 0.6) is 0 Å². The zero-order valence-corrected chi connectivity index (χ0v) is 10.9. The lowest BCUT2D eigenvalue weighted by Gasteiger charge is -2.29. The lowest BCUT2D eigenvalue weighted by Crippen LogP contribution is -2.39. The molecule has 4 nitrogen and oxygen atoms in total. The third-order valence-corrected chi connectivity index (χ3v) is 4.94. The second-order valence-electron chi connectivity index (χ2n) is 4.51. The molecular weight excluding hydrogens is 248 g/mol. The van der Waals surface area contributed by atoms with Crippen LogP contribution in [0.15, 0.2) is 29.2 Å². The topological polar surface area (TPSA) is 61.2 Å². The van der Waals surface area contributed by atoms with Gasteiger partial charge in [-0.3, -0.25) is 0 Å². The minimum atomic E-state index is -3.49. The van der Waals surface area contributed by atoms with Gasteiger partial charge in [-0.25, -0.2) is 8.42 Å². The Morgan fingerprint density at radius 2 is 2.22 bits per heavy atom. The van der Waals surface area contributed by atoms with E-state index in [2.05, 4.69) is 6.92 Å². The van der Waals surface area contributed by atoms with Gasteiger partial charge in [0.2, 0.25) is 10.0 Å². The van der Waals surface area contributed by atoms with Crippen LogP contribution in [0.2, 0.25) is 0 Å². The summed E-state index contributed by atoms with van der Waals surface area (Å²) in [4.78, 5) is 0.190. The summed E-state index contributed by atoms with van der Waals surface area (Å²) < 4.78 is 26.2. The molecule has 0 spiro atoms. The Hall–Kier alpha value is -1.38. The molecule has 1 aromatic rings. The number of nitriles is 1. The first kappa shape index (κ1) is 13.1. The third-order valence-electron chi connectivity index (χ3n) is 3.08. The minimum absolute atomic E-state index is 0.146. The van der Waals surface area contributed by atoms with E-state index in [1.807, 2.05) is 6.07 Å². The molecule has 0 aromatic heterocycles. The Morgan fingerprint density at radius 3 is 2.89 bits per heavy atom. The van der Waals surface area contributed by atoms with Crippen molar-refractivity contribution in [3.05, 3.63) is 36.8 Å². The van der Waals surface area contributed by atoms with Crippen molar-refractivity contribution < 1.29 is 8.42 Å². The van der Waals surface area contributed by atoms with Gasteiger partial charge in [0.1, 0.15) is 0 Å². The highest BCUT2D eigenvalue weighted by molar-refractivity contribution is 7.89. The van der Waals surface area contributed by atoms with E-state index in [1.54, 1.807) is 12.1 Å². The van der Waals surface area contributed by atoms with Crippen LogP contribution in [0, 0.1) is 24.2 Å². The first-order chi connectivity index (χ1) is 8.54. The molecule has 1 aliphatic rings. The van der Waals surface area contributed by atoms with E-state index >= 15 is 0 Å². The SMILES string of the molecule is [CH2]C1CCCN(S(=O)(=O)c2cccc(C#N)c2)C1. The molecule has 18 heavy (non-hydrogen) atoms. The van der Waals surface area contributed by atoms with E-state index in [4.69, 9.17) is 5.26 Å². The zero-order valence-electron chi connectivity index (χ0n) is 10.0. The molecule has 0 saturated carbocycles. The maximum atomic E-state index is 12.4. The number of nitrogens with zero attached hydrogens (tertiary/aromatic N) is 2. The van der Waals surface area contributed by atoms with Crippen LogP contribution in [0.1, 0.15) is 18.4 Å². The summed E-state index contributed by atoms with van der Waals surface area (Å²) in [5.41, 5.74) is 0.360. The quantitative estimate of drug-likeness (QED) is 0.817. The fraction of sp³-hybridized carbons (Fsp3) is 0.385. The smallest absolute Gasteiger partial charge is 0.207 e. The Bertz CT molecular complexity index is 575. The predicted molar refractivity (Wildman–Crippen MR) is 68.0 cm³/mol. The second-order valence-corrected chi connectivity index (χ2v) is 6.45. The summed E-state index contributed by atoms with van der Waals surface area (Å²) in [6.45, 7) is 4.92. The van der Waals surface area contributed by atoms with Gasteiger partial charge in [0.15, 0.2) is 0 Å². The molecule has 2 rings (SSSR count). The standard InChI is InChI=1S/C13H15N2O2S/c1-11-4-3-7-15(10-11)18(16,17)13-6-2-5-12(8-13)9-14/h2,5-6,8,11H,1,3-4,7,10H2. The van der Waals surface area contributed by atoms with E-state index in [9.17, 15) is 8.42 Å². The first-order valence-corrected chi connectivity index (χ1v) is 7.31. The van der Waals surface area contributed by atoms with Crippen LogP contribution >= 0.6 is 0 Å². The van der Waals surface area contributed by atoms with Crippen LogP contribution in [0.25, 0.3) is 0 Å². The lowest BCUT2D eigenvalue weighted by atomic mass is 10.0. The number of sulfonamides is 1. The Labute approximate surface area is 108 Å². The number of hydrogen-bond acceptors (Lipinski definition) is 3. The van der Waals surface area contributed by atoms with Gasteiger partial charge in [-0.15, -0.1) is 0 Å². The molecule has 5 heteroatoms. The predicted octanol–water partition coefficient (Wildman–Crippen LogP) is 1.79. The monoisotopic (exact) mass is 263 g/mol. The number of hydrogen-bond donors (Lipinski definition) is 0. The van der Waals surface area contributed by atoms with Gasteiger partial charge in [-0.2, -0.15) is 9.57 Å². The fourth-order valence-corrected chi connectivity index (χ4v) is 3.72. The van der Waals surface area contributed by atoms with Crippen LogP contribution in [-0.2, 0) is 10.0 Å². The number of benzene rings is 1. The molecule has 1 saturated heterocycles. The molecular formula is C13H15N2O2S. The summed E-state index contributed by atoms with van der Waals surface area (Å²) in [5.74, 6) is 0.146. The van der Waals surface area contributed by atoms with E-state index in [1.165, 1.54) is 16.4 Å². The zero-order chi connectivity index (χ0) is 13.2. The molecule has 0 bridgehead atoms. The molecule has 1 aliphatic heterocycles. The molecule has 0 N–H and O–H groups in total. The van der Waals surface area contributed by atoms with Gasteiger partial charge in [-0.05, 0) is 43.9 Å². The normalized spacial score (nSPS) is 21.4. The largest absolute Gasteiger partial charge is 0.243 e. The van der Waals surface area contributed by atoms with Gasteiger partial charge in [-0.1, -0.05) is 6.07 Å². The van der Waals surface area contributed by atoms with Crippen molar-refractivity contribution in [1.82, 2.24) is 4.31 Å². The first-order valence-electron chi connectivity index (χ1n) is 5.87.